The number of nitrogens with zero attached hydrogens (tertiary/aromatic N) is 1. The Labute approximate surface area is 94.3 Å². The van der Waals surface area contributed by atoms with Crippen LogP contribution in [0.25, 0.3) is 0 Å². The van der Waals surface area contributed by atoms with E-state index in [2.05, 4.69) is 33.2 Å². The Hall–Kier alpha value is -0.410. The number of rotatable bonds is 5. The van der Waals surface area contributed by atoms with Gasteiger partial charge >= 0.3 is 0 Å². The Kier molecular flexibility index (Phi) is 5.12. The summed E-state index contributed by atoms with van der Waals surface area (Å²) in [6.45, 7) is 2.21. The number of unbranched alkanes of at least 4 members (excludes halogenated alkanes) is 1. The zero-order valence-electron chi connectivity index (χ0n) is 8.76. The Morgan fingerprint density at radius 2 is 2.36 bits per heavy atom. The molecule has 1 atom stereocenters. The minimum Gasteiger partial charge on any atom is -0.312 e. The first-order chi connectivity index (χ1) is 6.79. The Balaban J connectivity index is 2.73. The lowest BCUT2D eigenvalue weighted by Crippen LogP contribution is -2.17. The zero-order chi connectivity index (χ0) is 10.4. The van der Waals surface area contributed by atoms with Gasteiger partial charge in [-0.2, -0.15) is 0 Å². The second-order valence-electron chi connectivity index (χ2n) is 3.35. The summed E-state index contributed by atoms with van der Waals surface area (Å²) in [4.78, 5) is 4.39. The van der Waals surface area contributed by atoms with E-state index in [1.807, 2.05) is 25.4 Å². The topological polar surface area (TPSA) is 24.9 Å². The van der Waals surface area contributed by atoms with Crippen LogP contribution in [0, 0.1) is 0 Å². The Bertz CT molecular complexity index is 276. The molecule has 0 aromatic carbocycles. The molecule has 0 aliphatic carbocycles. The van der Waals surface area contributed by atoms with E-state index in [1.54, 1.807) is 0 Å². The molecule has 0 aliphatic heterocycles. The van der Waals surface area contributed by atoms with E-state index in [1.165, 1.54) is 12.8 Å². The summed E-state index contributed by atoms with van der Waals surface area (Å²) in [6.07, 6.45) is 5.44. The summed E-state index contributed by atoms with van der Waals surface area (Å²) < 4.78 is 1.09. The van der Waals surface area contributed by atoms with Gasteiger partial charge in [-0.05, 0) is 41.5 Å². The van der Waals surface area contributed by atoms with Gasteiger partial charge in [0.1, 0.15) is 0 Å². The van der Waals surface area contributed by atoms with E-state index in [0.29, 0.717) is 6.04 Å². The van der Waals surface area contributed by atoms with Gasteiger partial charge in [0.2, 0.25) is 0 Å². The number of hydrogen-bond donors (Lipinski definition) is 1. The SMILES string of the molecule is CCCCC(NC)c1ncccc1Br. The van der Waals surface area contributed by atoms with Crippen LogP contribution in [0.3, 0.4) is 0 Å². The standard InChI is InChI=1S/C11H17BrN2/c1-3-4-7-10(13-2)11-9(12)6-5-8-14-11/h5-6,8,10,13H,3-4,7H2,1-2H3. The van der Waals surface area contributed by atoms with Crippen LogP contribution >= 0.6 is 15.9 Å². The molecular weight excluding hydrogens is 240 g/mol. The summed E-state index contributed by atoms with van der Waals surface area (Å²) in [5.74, 6) is 0. The number of halogens is 1. The van der Waals surface area contributed by atoms with E-state index < -0.39 is 0 Å². The highest BCUT2D eigenvalue weighted by atomic mass is 79.9. The van der Waals surface area contributed by atoms with Crippen LogP contribution in [0.1, 0.15) is 37.9 Å². The minimum absolute atomic E-state index is 0.366. The van der Waals surface area contributed by atoms with Crippen molar-refractivity contribution in [2.24, 2.45) is 0 Å². The number of aromatic nitrogens is 1. The maximum Gasteiger partial charge on any atom is 0.0714 e. The van der Waals surface area contributed by atoms with Crippen molar-refractivity contribution in [3.63, 3.8) is 0 Å². The highest BCUT2D eigenvalue weighted by Gasteiger charge is 2.12. The van der Waals surface area contributed by atoms with Crippen molar-refractivity contribution < 1.29 is 0 Å². The van der Waals surface area contributed by atoms with Gasteiger partial charge in [0, 0.05) is 10.7 Å². The van der Waals surface area contributed by atoms with Gasteiger partial charge in [-0.15, -0.1) is 0 Å². The third-order valence-electron chi connectivity index (χ3n) is 2.31. The van der Waals surface area contributed by atoms with Crippen LogP contribution in [-0.2, 0) is 0 Å². The smallest absolute Gasteiger partial charge is 0.0714 e. The molecule has 1 unspecified atom stereocenters. The quantitative estimate of drug-likeness (QED) is 0.875. The molecule has 3 heteroatoms. The summed E-state index contributed by atoms with van der Waals surface area (Å²) >= 11 is 3.53. The number of nitrogens with one attached hydrogen (secondary N) is 1. The van der Waals surface area contributed by atoms with E-state index in [9.17, 15) is 0 Å². The molecule has 1 aromatic rings. The molecule has 0 saturated carbocycles. The van der Waals surface area contributed by atoms with Gasteiger partial charge in [-0.25, -0.2) is 0 Å². The van der Waals surface area contributed by atoms with E-state index >= 15 is 0 Å². The first-order valence-electron chi connectivity index (χ1n) is 5.07. The Morgan fingerprint density at radius 1 is 1.57 bits per heavy atom. The van der Waals surface area contributed by atoms with Gasteiger partial charge in [0.05, 0.1) is 11.7 Å². The Morgan fingerprint density at radius 3 is 2.93 bits per heavy atom. The van der Waals surface area contributed by atoms with Gasteiger partial charge < -0.3 is 5.32 Å². The fourth-order valence-corrected chi connectivity index (χ4v) is 2.01. The zero-order valence-corrected chi connectivity index (χ0v) is 10.3. The van der Waals surface area contributed by atoms with Crippen LogP contribution in [0.4, 0.5) is 0 Å². The number of hydrogen-bond acceptors (Lipinski definition) is 2. The fraction of sp³-hybridized carbons (Fsp3) is 0.545. The first kappa shape index (κ1) is 11.7. The third-order valence-corrected chi connectivity index (χ3v) is 2.98. The van der Waals surface area contributed by atoms with Crippen molar-refractivity contribution in [3.8, 4) is 0 Å². The maximum absolute atomic E-state index is 4.39. The molecule has 0 aliphatic rings. The molecule has 2 nitrogen and oxygen atoms in total. The highest BCUT2D eigenvalue weighted by Crippen LogP contribution is 2.24. The summed E-state index contributed by atoms with van der Waals surface area (Å²) in [5.41, 5.74) is 1.11. The van der Waals surface area contributed by atoms with E-state index in [-0.39, 0.29) is 0 Å². The van der Waals surface area contributed by atoms with Crippen molar-refractivity contribution in [2.75, 3.05) is 7.05 Å². The van der Waals surface area contributed by atoms with Crippen molar-refractivity contribution >= 4 is 15.9 Å². The van der Waals surface area contributed by atoms with Crippen molar-refractivity contribution in [2.45, 2.75) is 32.2 Å². The average molecular weight is 257 g/mol. The van der Waals surface area contributed by atoms with Crippen LogP contribution in [-0.4, -0.2) is 12.0 Å². The molecule has 14 heavy (non-hydrogen) atoms. The molecule has 0 saturated heterocycles. The second kappa shape index (κ2) is 6.14. The fourth-order valence-electron chi connectivity index (χ4n) is 1.48. The second-order valence-corrected chi connectivity index (χ2v) is 4.21. The lowest BCUT2D eigenvalue weighted by Gasteiger charge is -2.16. The molecule has 0 radical (unpaired) electrons. The van der Waals surface area contributed by atoms with Crippen molar-refractivity contribution in [3.05, 3.63) is 28.5 Å². The molecule has 0 bridgehead atoms. The molecule has 1 heterocycles. The minimum atomic E-state index is 0.366. The highest BCUT2D eigenvalue weighted by molar-refractivity contribution is 9.10. The normalized spacial score (nSPS) is 12.8. The molecule has 1 rings (SSSR count). The largest absolute Gasteiger partial charge is 0.312 e. The summed E-state index contributed by atoms with van der Waals surface area (Å²) in [6, 6.07) is 4.35. The summed E-state index contributed by atoms with van der Waals surface area (Å²) in [5, 5.41) is 3.30. The van der Waals surface area contributed by atoms with E-state index in [0.717, 1.165) is 16.6 Å². The van der Waals surface area contributed by atoms with Crippen LogP contribution < -0.4 is 5.32 Å². The van der Waals surface area contributed by atoms with Gasteiger partial charge in [0.25, 0.3) is 0 Å². The molecule has 0 amide bonds. The van der Waals surface area contributed by atoms with Crippen molar-refractivity contribution in [1.29, 1.82) is 0 Å². The van der Waals surface area contributed by atoms with Gasteiger partial charge in [-0.3, -0.25) is 4.98 Å². The van der Waals surface area contributed by atoms with Crippen LogP contribution in [0.5, 0.6) is 0 Å². The molecule has 0 spiro atoms. The lowest BCUT2D eigenvalue weighted by atomic mass is 10.1. The van der Waals surface area contributed by atoms with Crippen LogP contribution in [0.15, 0.2) is 22.8 Å². The van der Waals surface area contributed by atoms with Crippen LogP contribution in [0.2, 0.25) is 0 Å². The molecule has 78 valence electrons. The van der Waals surface area contributed by atoms with Crippen molar-refractivity contribution in [1.82, 2.24) is 10.3 Å². The van der Waals surface area contributed by atoms with Gasteiger partial charge in [0.15, 0.2) is 0 Å². The monoisotopic (exact) mass is 256 g/mol. The lowest BCUT2D eigenvalue weighted by molar-refractivity contribution is 0.509. The van der Waals surface area contributed by atoms with Gasteiger partial charge in [-0.1, -0.05) is 19.8 Å². The van der Waals surface area contributed by atoms with E-state index in [4.69, 9.17) is 0 Å². The molecule has 1 N–H and O–H groups in total. The average Bonchev–Trinajstić information content (AvgIpc) is 2.21. The molecular formula is C11H17BrN2. The first-order valence-corrected chi connectivity index (χ1v) is 5.86. The molecule has 0 fully saturated rings. The maximum atomic E-state index is 4.39. The predicted molar refractivity (Wildman–Crippen MR) is 63.3 cm³/mol. The predicted octanol–water partition coefficient (Wildman–Crippen LogP) is 3.29. The number of pyridine rings is 1. The third kappa shape index (κ3) is 3.07. The molecule has 1 aromatic heterocycles. The summed E-state index contributed by atoms with van der Waals surface area (Å²) in [7, 11) is 1.99.